The van der Waals surface area contributed by atoms with Crippen LogP contribution in [0.5, 0.6) is 0 Å². The Morgan fingerprint density at radius 2 is 1.95 bits per heavy atom. The molecule has 2 heterocycles. The van der Waals surface area contributed by atoms with Gasteiger partial charge in [-0.05, 0) is 20.8 Å². The second-order valence-electron chi connectivity index (χ2n) is 4.06. The molecule has 0 amide bonds. The third kappa shape index (κ3) is 3.16. The van der Waals surface area contributed by atoms with Crippen molar-refractivity contribution in [3.63, 3.8) is 0 Å². The average Bonchev–Trinajstić information content (AvgIpc) is 2.87. The molecular formula is C12H18ClN7. The number of nitrogens with one attached hydrogen (secondary N) is 1. The molecule has 0 aliphatic heterocycles. The van der Waals surface area contributed by atoms with Crippen LogP contribution in [-0.2, 0) is 0 Å². The lowest BCUT2D eigenvalue weighted by Gasteiger charge is -2.19. The largest absolute Gasteiger partial charge is 0.354 e. The van der Waals surface area contributed by atoms with E-state index >= 15 is 0 Å². The van der Waals surface area contributed by atoms with E-state index in [0.717, 1.165) is 19.6 Å². The van der Waals surface area contributed by atoms with Crippen LogP contribution in [0, 0.1) is 0 Å². The predicted molar refractivity (Wildman–Crippen MR) is 79.7 cm³/mol. The Hall–Kier alpha value is -1.89. The van der Waals surface area contributed by atoms with E-state index < -0.39 is 0 Å². The first-order chi connectivity index (χ1) is 9.67. The Balaban J connectivity index is 2.45. The second kappa shape index (κ2) is 6.51. The smallest absolute Gasteiger partial charge is 0.257 e. The van der Waals surface area contributed by atoms with Gasteiger partial charge in [0.1, 0.15) is 0 Å². The zero-order valence-corrected chi connectivity index (χ0v) is 12.6. The van der Waals surface area contributed by atoms with E-state index in [1.54, 1.807) is 12.4 Å². The Labute approximate surface area is 123 Å². The fourth-order valence-electron chi connectivity index (χ4n) is 1.75. The summed E-state index contributed by atoms with van der Waals surface area (Å²) in [4.78, 5) is 15.3. The zero-order valence-electron chi connectivity index (χ0n) is 11.8. The van der Waals surface area contributed by atoms with Crippen molar-refractivity contribution in [2.24, 2.45) is 0 Å². The summed E-state index contributed by atoms with van der Waals surface area (Å²) in [7, 11) is 0. The molecule has 0 saturated heterocycles. The third-order valence-electron chi connectivity index (χ3n) is 2.75. The quantitative estimate of drug-likeness (QED) is 0.879. The maximum atomic E-state index is 5.89. The summed E-state index contributed by atoms with van der Waals surface area (Å²) < 4.78 is 1.54. The number of halogens is 1. The molecular weight excluding hydrogens is 278 g/mol. The molecule has 7 nitrogen and oxygen atoms in total. The van der Waals surface area contributed by atoms with Crippen LogP contribution in [0.25, 0.3) is 5.95 Å². The van der Waals surface area contributed by atoms with Gasteiger partial charge in [0.2, 0.25) is 11.9 Å². The van der Waals surface area contributed by atoms with Gasteiger partial charge >= 0.3 is 0 Å². The molecule has 20 heavy (non-hydrogen) atoms. The second-order valence-corrected chi connectivity index (χ2v) is 4.50. The first-order valence-corrected chi connectivity index (χ1v) is 7.01. The van der Waals surface area contributed by atoms with E-state index in [1.807, 2.05) is 6.92 Å². The number of hydrogen-bond donors (Lipinski definition) is 1. The van der Waals surface area contributed by atoms with E-state index in [1.165, 1.54) is 4.68 Å². The van der Waals surface area contributed by atoms with E-state index in [2.05, 4.69) is 44.1 Å². The van der Waals surface area contributed by atoms with Crippen LogP contribution in [-0.4, -0.2) is 44.4 Å². The predicted octanol–water partition coefficient (Wildman–Crippen LogP) is 1.99. The van der Waals surface area contributed by atoms with Gasteiger partial charge in [0.05, 0.1) is 17.4 Å². The average molecular weight is 296 g/mol. The van der Waals surface area contributed by atoms with Crippen LogP contribution in [0.15, 0.2) is 12.4 Å². The molecule has 2 aromatic heterocycles. The lowest BCUT2D eigenvalue weighted by atomic mass is 10.5. The highest BCUT2D eigenvalue weighted by Gasteiger charge is 2.12. The minimum absolute atomic E-state index is 0.449. The Bertz CT molecular complexity index is 565. The van der Waals surface area contributed by atoms with Crippen molar-refractivity contribution in [2.45, 2.75) is 20.8 Å². The Kier molecular flexibility index (Phi) is 4.73. The summed E-state index contributed by atoms with van der Waals surface area (Å²) in [5.41, 5.74) is 0. The molecule has 2 rings (SSSR count). The van der Waals surface area contributed by atoms with E-state index in [4.69, 9.17) is 11.6 Å². The maximum Gasteiger partial charge on any atom is 0.257 e. The highest BCUT2D eigenvalue weighted by atomic mass is 35.5. The van der Waals surface area contributed by atoms with Crippen LogP contribution in [0.3, 0.4) is 0 Å². The highest BCUT2D eigenvalue weighted by Crippen LogP contribution is 2.14. The molecule has 0 aliphatic carbocycles. The molecule has 0 aromatic carbocycles. The summed E-state index contributed by atoms with van der Waals surface area (Å²) in [5.74, 6) is 1.61. The monoisotopic (exact) mass is 295 g/mol. The summed E-state index contributed by atoms with van der Waals surface area (Å²) >= 11 is 5.89. The molecule has 1 N–H and O–H groups in total. The van der Waals surface area contributed by atoms with E-state index in [-0.39, 0.29) is 0 Å². The van der Waals surface area contributed by atoms with Crippen molar-refractivity contribution < 1.29 is 0 Å². The zero-order chi connectivity index (χ0) is 14.5. The van der Waals surface area contributed by atoms with Crippen molar-refractivity contribution in [3.8, 4) is 5.95 Å². The van der Waals surface area contributed by atoms with Crippen molar-refractivity contribution in [1.82, 2.24) is 24.7 Å². The van der Waals surface area contributed by atoms with Gasteiger partial charge in [-0.15, -0.1) is 0 Å². The van der Waals surface area contributed by atoms with Gasteiger partial charge in [-0.25, -0.2) is 4.68 Å². The Morgan fingerprint density at radius 3 is 2.50 bits per heavy atom. The molecule has 0 radical (unpaired) electrons. The van der Waals surface area contributed by atoms with E-state index in [0.29, 0.717) is 22.9 Å². The highest BCUT2D eigenvalue weighted by molar-refractivity contribution is 6.30. The van der Waals surface area contributed by atoms with Crippen molar-refractivity contribution in [2.75, 3.05) is 29.9 Å². The first-order valence-electron chi connectivity index (χ1n) is 6.63. The van der Waals surface area contributed by atoms with Crippen LogP contribution >= 0.6 is 11.6 Å². The fourth-order valence-corrected chi connectivity index (χ4v) is 1.89. The van der Waals surface area contributed by atoms with Crippen molar-refractivity contribution >= 4 is 23.5 Å². The number of anilines is 2. The van der Waals surface area contributed by atoms with Crippen LogP contribution in [0.1, 0.15) is 20.8 Å². The summed E-state index contributed by atoms with van der Waals surface area (Å²) in [6, 6.07) is 0. The number of aromatic nitrogens is 5. The fraction of sp³-hybridized carbons (Fsp3) is 0.500. The van der Waals surface area contributed by atoms with Gasteiger partial charge in [0, 0.05) is 19.6 Å². The minimum atomic E-state index is 0.449. The molecule has 0 atom stereocenters. The van der Waals surface area contributed by atoms with Gasteiger partial charge < -0.3 is 10.2 Å². The number of hydrogen-bond acceptors (Lipinski definition) is 6. The molecule has 0 aliphatic rings. The summed E-state index contributed by atoms with van der Waals surface area (Å²) in [6.07, 6.45) is 3.22. The minimum Gasteiger partial charge on any atom is -0.354 e. The van der Waals surface area contributed by atoms with Gasteiger partial charge in [0.15, 0.2) is 0 Å². The lowest BCUT2D eigenvalue weighted by Crippen LogP contribution is -2.25. The molecule has 0 spiro atoms. The molecule has 2 aromatic rings. The van der Waals surface area contributed by atoms with Crippen LogP contribution < -0.4 is 10.2 Å². The van der Waals surface area contributed by atoms with Crippen LogP contribution in [0.2, 0.25) is 5.02 Å². The number of nitrogens with zero attached hydrogens (tertiary/aromatic N) is 6. The van der Waals surface area contributed by atoms with Gasteiger partial charge in [-0.2, -0.15) is 20.1 Å². The van der Waals surface area contributed by atoms with Crippen molar-refractivity contribution in [1.29, 1.82) is 0 Å². The Morgan fingerprint density at radius 1 is 1.20 bits per heavy atom. The van der Waals surface area contributed by atoms with Gasteiger partial charge in [-0.3, -0.25) is 0 Å². The molecule has 0 unspecified atom stereocenters. The summed E-state index contributed by atoms with van der Waals surface area (Å²) in [6.45, 7) is 8.50. The lowest BCUT2D eigenvalue weighted by molar-refractivity contribution is 0.762. The maximum absolute atomic E-state index is 5.89. The molecule has 8 heteroatoms. The topological polar surface area (TPSA) is 71.8 Å². The number of rotatable bonds is 6. The first kappa shape index (κ1) is 14.5. The molecule has 108 valence electrons. The summed E-state index contributed by atoms with van der Waals surface area (Å²) in [5, 5.41) is 7.77. The molecule has 0 bridgehead atoms. The van der Waals surface area contributed by atoms with Gasteiger partial charge in [0.25, 0.3) is 5.95 Å². The van der Waals surface area contributed by atoms with Crippen LogP contribution in [0.4, 0.5) is 11.9 Å². The third-order valence-corrected chi connectivity index (χ3v) is 2.94. The van der Waals surface area contributed by atoms with Crippen molar-refractivity contribution in [3.05, 3.63) is 17.4 Å². The molecule has 0 saturated carbocycles. The standard InChI is InChI=1S/C12H18ClN7/c1-4-14-10-16-11(19(5-2)6-3)18-12(17-10)20-8-9(13)7-15-20/h7-8H,4-6H2,1-3H3,(H,14,16,17,18). The normalized spacial score (nSPS) is 10.6. The van der Waals surface area contributed by atoms with E-state index in [9.17, 15) is 0 Å². The SMILES string of the molecule is CCNc1nc(N(CC)CC)nc(-n2cc(Cl)cn2)n1. The molecule has 0 fully saturated rings. The van der Waals surface area contributed by atoms with Gasteiger partial charge in [-0.1, -0.05) is 11.6 Å².